The molecule has 0 heterocycles. The molecule has 2 rings (SSSR count). The van der Waals surface area contributed by atoms with Gasteiger partial charge in [-0.15, -0.1) is 0 Å². The molecule has 0 fully saturated rings. The van der Waals surface area contributed by atoms with E-state index in [9.17, 15) is 29.8 Å². The minimum Gasteiger partial charge on any atom is -0.461 e. The fraction of sp³-hybridized carbons (Fsp3) is 0.222. The number of carbonyl (C=O) groups excluding carboxylic acids is 2. The van der Waals surface area contributed by atoms with Crippen molar-refractivity contribution in [1.29, 1.82) is 0 Å². The Labute approximate surface area is 159 Å². The molecule has 0 amide bonds. The van der Waals surface area contributed by atoms with Crippen LogP contribution in [0.4, 0.5) is 11.4 Å². The van der Waals surface area contributed by atoms with E-state index in [-0.39, 0.29) is 48.6 Å². The lowest BCUT2D eigenvalue weighted by Gasteiger charge is -2.07. The van der Waals surface area contributed by atoms with Crippen molar-refractivity contribution in [1.82, 2.24) is 0 Å². The summed E-state index contributed by atoms with van der Waals surface area (Å²) >= 11 is 0. The first-order chi connectivity index (χ1) is 13.4. The average Bonchev–Trinajstić information content (AvgIpc) is 2.69. The summed E-state index contributed by atoms with van der Waals surface area (Å²) in [5, 5.41) is 21.8. The van der Waals surface area contributed by atoms with E-state index >= 15 is 0 Å². The third kappa shape index (κ3) is 5.87. The van der Waals surface area contributed by atoms with Crippen molar-refractivity contribution in [2.45, 2.75) is 26.1 Å². The fourth-order valence-electron chi connectivity index (χ4n) is 2.29. The Morgan fingerprint density at radius 3 is 1.43 bits per heavy atom. The van der Waals surface area contributed by atoms with E-state index in [4.69, 9.17) is 9.47 Å². The van der Waals surface area contributed by atoms with E-state index in [1.54, 1.807) is 12.1 Å². The molecule has 28 heavy (non-hydrogen) atoms. The van der Waals surface area contributed by atoms with Crippen molar-refractivity contribution in [3.8, 4) is 0 Å². The van der Waals surface area contributed by atoms with Gasteiger partial charge in [-0.2, -0.15) is 0 Å². The van der Waals surface area contributed by atoms with E-state index in [0.29, 0.717) is 0 Å². The van der Waals surface area contributed by atoms with Gasteiger partial charge >= 0.3 is 11.9 Å². The lowest BCUT2D eigenvalue weighted by Crippen LogP contribution is -2.11. The molecule has 0 radical (unpaired) electrons. The Kier molecular flexibility index (Phi) is 7.14. The second kappa shape index (κ2) is 9.76. The number of carbonyl (C=O) groups is 2. The molecule has 2 aromatic rings. The number of para-hydroxylation sites is 2. The molecule has 0 atom stereocenters. The molecule has 146 valence electrons. The molecule has 0 saturated carbocycles. The summed E-state index contributed by atoms with van der Waals surface area (Å²) in [7, 11) is 0. The average molecular weight is 388 g/mol. The Morgan fingerprint density at radius 2 is 1.07 bits per heavy atom. The molecule has 0 aliphatic heterocycles. The largest absolute Gasteiger partial charge is 0.461 e. The summed E-state index contributed by atoms with van der Waals surface area (Å²) in [6.45, 7) is -0.581. The highest BCUT2D eigenvalue weighted by Crippen LogP contribution is 2.20. The molecule has 10 heteroatoms. The highest BCUT2D eigenvalue weighted by Gasteiger charge is 2.17. The summed E-state index contributed by atoms with van der Waals surface area (Å²) in [4.78, 5) is 44.1. The van der Waals surface area contributed by atoms with Crippen LogP contribution in [-0.2, 0) is 32.3 Å². The van der Waals surface area contributed by atoms with Crippen LogP contribution in [0.5, 0.6) is 0 Å². The molecule has 10 nitrogen and oxygen atoms in total. The van der Waals surface area contributed by atoms with Gasteiger partial charge in [0.1, 0.15) is 13.2 Å². The molecule has 0 bridgehead atoms. The zero-order chi connectivity index (χ0) is 20.5. The number of rotatable bonds is 9. The summed E-state index contributed by atoms with van der Waals surface area (Å²) in [5.41, 5.74) is 0.137. The SMILES string of the molecule is O=C(CCC(=O)OCc1ccccc1[N+](=O)[O-])OCc1ccccc1[N+](=O)[O-]. The van der Waals surface area contributed by atoms with Gasteiger partial charge in [-0.3, -0.25) is 29.8 Å². The van der Waals surface area contributed by atoms with Gasteiger partial charge in [-0.05, 0) is 12.1 Å². The van der Waals surface area contributed by atoms with Crippen molar-refractivity contribution in [3.63, 3.8) is 0 Å². The number of hydrogen-bond acceptors (Lipinski definition) is 8. The predicted molar refractivity (Wildman–Crippen MR) is 95.0 cm³/mol. The second-order valence-corrected chi connectivity index (χ2v) is 5.59. The normalized spacial score (nSPS) is 10.1. The van der Waals surface area contributed by atoms with E-state index in [1.807, 2.05) is 0 Å². The third-order valence-corrected chi connectivity index (χ3v) is 3.69. The molecular weight excluding hydrogens is 372 g/mol. The topological polar surface area (TPSA) is 139 Å². The van der Waals surface area contributed by atoms with Crippen molar-refractivity contribution < 1.29 is 28.9 Å². The quantitative estimate of drug-likeness (QED) is 0.363. The molecular formula is C18H16N2O8. The van der Waals surface area contributed by atoms with Crippen LogP contribution in [0.25, 0.3) is 0 Å². The van der Waals surface area contributed by atoms with E-state index in [2.05, 4.69) is 0 Å². The smallest absolute Gasteiger partial charge is 0.306 e. The summed E-state index contributed by atoms with van der Waals surface area (Å²) in [5.74, 6) is -1.44. The molecule has 0 N–H and O–H groups in total. The van der Waals surface area contributed by atoms with Crippen molar-refractivity contribution in [3.05, 3.63) is 79.9 Å². The van der Waals surface area contributed by atoms with Crippen LogP contribution in [0.2, 0.25) is 0 Å². The van der Waals surface area contributed by atoms with E-state index < -0.39 is 21.8 Å². The van der Waals surface area contributed by atoms with Gasteiger partial charge in [0.05, 0.1) is 33.8 Å². The van der Waals surface area contributed by atoms with Crippen LogP contribution in [0.15, 0.2) is 48.5 Å². The number of nitro groups is 2. The monoisotopic (exact) mass is 388 g/mol. The number of esters is 2. The van der Waals surface area contributed by atoms with Gasteiger partial charge < -0.3 is 9.47 Å². The van der Waals surface area contributed by atoms with Gasteiger partial charge in [0.25, 0.3) is 11.4 Å². The Morgan fingerprint density at radius 1 is 0.714 bits per heavy atom. The fourth-order valence-corrected chi connectivity index (χ4v) is 2.29. The summed E-state index contributed by atoms with van der Waals surface area (Å²) in [6.07, 6.45) is -0.563. The Balaban J connectivity index is 1.78. The minimum atomic E-state index is -0.721. The first kappa shape index (κ1) is 20.5. The number of benzene rings is 2. The lowest BCUT2D eigenvalue weighted by atomic mass is 10.2. The zero-order valence-electron chi connectivity index (χ0n) is 14.6. The first-order valence-electron chi connectivity index (χ1n) is 8.14. The van der Waals surface area contributed by atoms with E-state index in [0.717, 1.165) is 0 Å². The highest BCUT2D eigenvalue weighted by atomic mass is 16.6. The van der Waals surface area contributed by atoms with Crippen LogP contribution in [0, 0.1) is 20.2 Å². The standard InChI is InChI=1S/C18H16N2O8/c21-17(27-11-13-5-1-3-7-15(13)19(23)24)9-10-18(22)28-12-14-6-2-4-8-16(14)20(25)26/h1-8H,9-12H2. The van der Waals surface area contributed by atoms with Gasteiger partial charge in [0.15, 0.2) is 0 Å². The van der Waals surface area contributed by atoms with Crippen LogP contribution in [0.1, 0.15) is 24.0 Å². The molecule has 2 aromatic carbocycles. The molecule has 0 unspecified atom stereocenters. The summed E-state index contributed by atoms with van der Waals surface area (Å²) in [6, 6.07) is 11.7. The minimum absolute atomic E-state index is 0.167. The Bertz CT molecular complexity index is 823. The number of nitrogens with zero attached hydrogens (tertiary/aromatic N) is 2. The first-order valence-corrected chi connectivity index (χ1v) is 8.14. The number of hydrogen-bond donors (Lipinski definition) is 0. The van der Waals surface area contributed by atoms with Crippen LogP contribution in [0.3, 0.4) is 0 Å². The maximum Gasteiger partial charge on any atom is 0.306 e. The van der Waals surface area contributed by atoms with Crippen molar-refractivity contribution in [2.24, 2.45) is 0 Å². The maximum absolute atomic E-state index is 11.7. The molecule has 0 aliphatic rings. The highest BCUT2D eigenvalue weighted by molar-refractivity contribution is 5.77. The van der Waals surface area contributed by atoms with Crippen molar-refractivity contribution in [2.75, 3.05) is 0 Å². The molecule has 0 spiro atoms. The zero-order valence-corrected chi connectivity index (χ0v) is 14.6. The van der Waals surface area contributed by atoms with E-state index in [1.165, 1.54) is 36.4 Å². The van der Waals surface area contributed by atoms with Crippen LogP contribution in [-0.4, -0.2) is 21.8 Å². The number of nitro benzene ring substituents is 2. The predicted octanol–water partition coefficient (Wildman–Crippen LogP) is 3.07. The van der Waals surface area contributed by atoms with Crippen molar-refractivity contribution >= 4 is 23.3 Å². The second-order valence-electron chi connectivity index (χ2n) is 5.59. The molecule has 0 aliphatic carbocycles. The number of ether oxygens (including phenoxy) is 2. The van der Waals surface area contributed by atoms with Gasteiger partial charge in [0.2, 0.25) is 0 Å². The van der Waals surface area contributed by atoms with Gasteiger partial charge in [-0.1, -0.05) is 24.3 Å². The molecule has 0 saturated heterocycles. The lowest BCUT2D eigenvalue weighted by molar-refractivity contribution is -0.386. The maximum atomic E-state index is 11.7. The van der Waals surface area contributed by atoms with Crippen LogP contribution < -0.4 is 0 Å². The summed E-state index contributed by atoms with van der Waals surface area (Å²) < 4.78 is 9.88. The van der Waals surface area contributed by atoms with Gasteiger partial charge in [-0.25, -0.2) is 0 Å². The van der Waals surface area contributed by atoms with Crippen LogP contribution >= 0.6 is 0 Å². The third-order valence-electron chi connectivity index (χ3n) is 3.69. The Hall–Kier alpha value is -3.82. The molecule has 0 aromatic heterocycles. The van der Waals surface area contributed by atoms with Gasteiger partial charge in [0, 0.05) is 12.1 Å².